The van der Waals surface area contributed by atoms with E-state index in [0.717, 1.165) is 0 Å². The molecular formula is C13H10F6. The molecule has 0 spiro atoms. The molecule has 0 aliphatic heterocycles. The van der Waals surface area contributed by atoms with Crippen molar-refractivity contribution in [2.45, 2.75) is 26.2 Å². The Labute approximate surface area is 106 Å². The minimum atomic E-state index is -4.84. The Morgan fingerprint density at radius 1 is 0.842 bits per heavy atom. The first-order chi connectivity index (χ1) is 8.50. The van der Waals surface area contributed by atoms with E-state index < -0.39 is 23.5 Å². The van der Waals surface area contributed by atoms with Crippen molar-refractivity contribution in [2.24, 2.45) is 5.92 Å². The van der Waals surface area contributed by atoms with Gasteiger partial charge in [-0.2, -0.15) is 26.3 Å². The highest BCUT2D eigenvalue weighted by Crippen LogP contribution is 2.36. The lowest BCUT2D eigenvalue weighted by Crippen LogP contribution is -2.11. The lowest BCUT2D eigenvalue weighted by molar-refractivity contribution is -0.143. The molecule has 0 bridgehead atoms. The summed E-state index contributed by atoms with van der Waals surface area (Å²) in [5.74, 6) is 4.70. The van der Waals surface area contributed by atoms with Crippen LogP contribution in [-0.2, 0) is 12.4 Å². The number of hydrogen-bond donors (Lipinski definition) is 0. The Balaban J connectivity index is 3.39. The van der Waals surface area contributed by atoms with Crippen LogP contribution in [0.3, 0.4) is 0 Å². The third-order valence-corrected chi connectivity index (χ3v) is 2.09. The Morgan fingerprint density at radius 3 is 1.58 bits per heavy atom. The van der Waals surface area contributed by atoms with E-state index in [4.69, 9.17) is 0 Å². The van der Waals surface area contributed by atoms with E-state index in [2.05, 4.69) is 11.8 Å². The predicted molar refractivity (Wildman–Crippen MR) is 58.2 cm³/mol. The topological polar surface area (TPSA) is 0 Å². The maximum absolute atomic E-state index is 12.5. The van der Waals surface area contributed by atoms with Crippen molar-refractivity contribution < 1.29 is 26.3 Å². The van der Waals surface area contributed by atoms with Gasteiger partial charge in [0.2, 0.25) is 0 Å². The van der Waals surface area contributed by atoms with Gasteiger partial charge in [-0.3, -0.25) is 0 Å². The summed E-state index contributed by atoms with van der Waals surface area (Å²) < 4.78 is 75.1. The van der Waals surface area contributed by atoms with Crippen LogP contribution in [0.1, 0.15) is 30.5 Å². The molecule has 0 saturated carbocycles. The van der Waals surface area contributed by atoms with Crippen LogP contribution < -0.4 is 0 Å². The van der Waals surface area contributed by atoms with Gasteiger partial charge >= 0.3 is 12.4 Å². The monoisotopic (exact) mass is 280 g/mol. The number of halogens is 6. The number of hydrogen-bond acceptors (Lipinski definition) is 0. The summed E-state index contributed by atoms with van der Waals surface area (Å²) in [6, 6.07) is 1.32. The maximum atomic E-state index is 12.5. The zero-order chi connectivity index (χ0) is 14.8. The zero-order valence-corrected chi connectivity index (χ0v) is 10.1. The van der Waals surface area contributed by atoms with Gasteiger partial charge in [0, 0.05) is 11.5 Å². The van der Waals surface area contributed by atoms with Gasteiger partial charge < -0.3 is 0 Å². The molecule has 0 aliphatic rings. The van der Waals surface area contributed by atoms with Gasteiger partial charge in [-0.05, 0) is 18.2 Å². The summed E-state index contributed by atoms with van der Waals surface area (Å²) in [6.07, 6.45) is -9.68. The summed E-state index contributed by atoms with van der Waals surface area (Å²) in [4.78, 5) is 0. The summed E-state index contributed by atoms with van der Waals surface area (Å²) in [5, 5.41) is 0. The Bertz CT molecular complexity index is 478. The SMILES string of the molecule is CC(C)C#Cc1cc(C(F)(F)F)cc(C(F)(F)F)c1. The molecule has 19 heavy (non-hydrogen) atoms. The highest BCUT2D eigenvalue weighted by Gasteiger charge is 2.36. The molecule has 0 aliphatic carbocycles. The average molecular weight is 280 g/mol. The van der Waals surface area contributed by atoms with Gasteiger partial charge in [0.05, 0.1) is 11.1 Å². The van der Waals surface area contributed by atoms with Crippen molar-refractivity contribution in [3.05, 3.63) is 34.9 Å². The second-order valence-corrected chi connectivity index (χ2v) is 4.22. The van der Waals surface area contributed by atoms with Crippen molar-refractivity contribution in [1.82, 2.24) is 0 Å². The van der Waals surface area contributed by atoms with Gasteiger partial charge in [0.1, 0.15) is 0 Å². The van der Waals surface area contributed by atoms with Crippen LogP contribution in [0.4, 0.5) is 26.3 Å². The standard InChI is InChI=1S/C13H10F6/c1-8(2)3-4-9-5-10(12(14,15)16)7-11(6-9)13(17,18)19/h5-8H,1-2H3. The maximum Gasteiger partial charge on any atom is 0.416 e. The number of benzene rings is 1. The van der Waals surface area contributed by atoms with Crippen LogP contribution >= 0.6 is 0 Å². The Hall–Kier alpha value is -1.64. The number of alkyl halides is 6. The molecule has 0 atom stereocenters. The first-order valence-corrected chi connectivity index (χ1v) is 5.31. The van der Waals surface area contributed by atoms with Crippen molar-refractivity contribution in [3.8, 4) is 11.8 Å². The van der Waals surface area contributed by atoms with Gasteiger partial charge in [0.25, 0.3) is 0 Å². The Kier molecular flexibility index (Phi) is 4.18. The highest BCUT2D eigenvalue weighted by molar-refractivity contribution is 5.42. The largest absolute Gasteiger partial charge is 0.416 e. The van der Waals surface area contributed by atoms with E-state index in [9.17, 15) is 26.3 Å². The molecule has 0 saturated heterocycles. The summed E-state index contributed by atoms with van der Waals surface area (Å²) in [5.41, 5.74) is -3.00. The fraction of sp³-hybridized carbons (Fsp3) is 0.385. The van der Waals surface area contributed by atoms with E-state index in [1.807, 2.05) is 0 Å². The summed E-state index contributed by atoms with van der Waals surface area (Å²) in [7, 11) is 0. The third-order valence-electron chi connectivity index (χ3n) is 2.09. The van der Waals surface area contributed by atoms with Crippen LogP contribution in [0.25, 0.3) is 0 Å². The molecule has 0 fully saturated rings. The second-order valence-electron chi connectivity index (χ2n) is 4.22. The Morgan fingerprint density at radius 2 is 1.26 bits per heavy atom. The van der Waals surface area contributed by atoms with Gasteiger partial charge in [-0.25, -0.2) is 0 Å². The van der Waals surface area contributed by atoms with E-state index in [-0.39, 0.29) is 17.5 Å². The summed E-state index contributed by atoms with van der Waals surface area (Å²) >= 11 is 0. The van der Waals surface area contributed by atoms with Gasteiger partial charge in [-0.15, -0.1) is 0 Å². The molecule has 0 nitrogen and oxygen atoms in total. The van der Waals surface area contributed by atoms with E-state index >= 15 is 0 Å². The molecular weight excluding hydrogens is 270 g/mol. The molecule has 1 aromatic carbocycles. The van der Waals surface area contributed by atoms with Crippen LogP contribution in [0.15, 0.2) is 18.2 Å². The molecule has 0 heterocycles. The lowest BCUT2D eigenvalue weighted by Gasteiger charge is -2.12. The highest BCUT2D eigenvalue weighted by atomic mass is 19.4. The molecule has 0 aromatic heterocycles. The van der Waals surface area contributed by atoms with Crippen LogP contribution in [0, 0.1) is 17.8 Å². The van der Waals surface area contributed by atoms with Crippen LogP contribution in [-0.4, -0.2) is 0 Å². The smallest absolute Gasteiger partial charge is 0.166 e. The van der Waals surface area contributed by atoms with E-state index in [1.54, 1.807) is 13.8 Å². The van der Waals surface area contributed by atoms with Crippen LogP contribution in [0.2, 0.25) is 0 Å². The molecule has 0 radical (unpaired) electrons. The first-order valence-electron chi connectivity index (χ1n) is 5.31. The quantitative estimate of drug-likeness (QED) is 0.476. The minimum Gasteiger partial charge on any atom is -0.166 e. The fourth-order valence-corrected chi connectivity index (χ4v) is 1.25. The van der Waals surface area contributed by atoms with Crippen molar-refractivity contribution in [1.29, 1.82) is 0 Å². The normalized spacial score (nSPS) is 12.3. The fourth-order valence-electron chi connectivity index (χ4n) is 1.25. The second kappa shape index (κ2) is 5.16. The molecule has 104 valence electrons. The predicted octanol–water partition coefficient (Wildman–Crippen LogP) is 4.73. The number of rotatable bonds is 0. The van der Waals surface area contributed by atoms with Crippen molar-refractivity contribution in [3.63, 3.8) is 0 Å². The molecule has 0 amide bonds. The zero-order valence-electron chi connectivity index (χ0n) is 10.1. The summed E-state index contributed by atoms with van der Waals surface area (Å²) in [6.45, 7) is 3.37. The molecule has 0 unspecified atom stereocenters. The minimum absolute atomic E-state index is 0.0839. The van der Waals surface area contributed by atoms with Crippen molar-refractivity contribution >= 4 is 0 Å². The van der Waals surface area contributed by atoms with E-state index in [0.29, 0.717) is 12.1 Å². The van der Waals surface area contributed by atoms with Gasteiger partial charge in [0.15, 0.2) is 0 Å². The van der Waals surface area contributed by atoms with Crippen LogP contribution in [0.5, 0.6) is 0 Å². The molecule has 6 heteroatoms. The molecule has 1 aromatic rings. The first kappa shape index (κ1) is 15.4. The lowest BCUT2D eigenvalue weighted by atomic mass is 10.0. The molecule has 0 N–H and O–H groups in total. The van der Waals surface area contributed by atoms with Gasteiger partial charge in [-0.1, -0.05) is 25.7 Å². The third kappa shape index (κ3) is 4.51. The average Bonchev–Trinajstić information content (AvgIpc) is 2.23. The van der Waals surface area contributed by atoms with E-state index in [1.165, 1.54) is 0 Å². The molecule has 1 rings (SSSR count). The van der Waals surface area contributed by atoms with Crippen molar-refractivity contribution in [2.75, 3.05) is 0 Å².